The average Bonchev–Trinajstić information content (AvgIpc) is 3.01. The van der Waals surface area contributed by atoms with E-state index in [-0.39, 0.29) is 25.4 Å². The third-order valence-corrected chi connectivity index (χ3v) is 5.68. The van der Waals surface area contributed by atoms with E-state index in [0.717, 1.165) is 16.5 Å². The minimum Gasteiger partial charge on any atom is -0.361 e. The number of nitrogens with two attached hydrogens (primary N) is 1. The first-order chi connectivity index (χ1) is 12.0. The van der Waals surface area contributed by atoms with Crippen LogP contribution in [0.1, 0.15) is 25.8 Å². The molecule has 1 amide bonds. The predicted molar refractivity (Wildman–Crippen MR) is 98.5 cm³/mol. The monoisotopic (exact) mass is 367 g/mol. The van der Waals surface area contributed by atoms with Crippen molar-refractivity contribution in [1.82, 2.24) is 10.3 Å². The van der Waals surface area contributed by atoms with Gasteiger partial charge in [0.2, 0.25) is 5.91 Å². The van der Waals surface area contributed by atoms with Crippen LogP contribution in [0, 0.1) is 0 Å². The second kappa shape index (κ2) is 9.15. The molecule has 25 heavy (non-hydrogen) atoms. The lowest BCUT2D eigenvalue weighted by Crippen LogP contribution is -2.41. The van der Waals surface area contributed by atoms with Crippen molar-refractivity contribution in [1.29, 1.82) is 0 Å². The molecule has 0 aliphatic carbocycles. The van der Waals surface area contributed by atoms with Crippen LogP contribution >= 0.6 is 7.60 Å². The van der Waals surface area contributed by atoms with Gasteiger partial charge in [0, 0.05) is 17.1 Å². The van der Waals surface area contributed by atoms with Crippen LogP contribution in [-0.2, 0) is 24.8 Å². The maximum atomic E-state index is 12.3. The van der Waals surface area contributed by atoms with Gasteiger partial charge in [0.25, 0.3) is 0 Å². The number of benzene rings is 1. The number of amides is 1. The van der Waals surface area contributed by atoms with Crippen LogP contribution in [0.15, 0.2) is 30.5 Å². The summed E-state index contributed by atoms with van der Waals surface area (Å²) in [6.45, 7) is 3.94. The standard InChI is InChI=1S/C17H26N3O4P/c1-3-23-25(22,24-4-2)12-20-17(21)15(18)10-9-13-11-19-16-8-6-5-7-14(13)16/h5-8,11,15,19H,3-4,9-10,12,18H2,1-2H3,(H,20,21)/t15-/m0/s1. The second-order valence-corrected chi connectivity index (χ2v) is 7.70. The normalized spacial score (nSPS) is 13.1. The average molecular weight is 367 g/mol. The first-order valence-electron chi connectivity index (χ1n) is 8.45. The van der Waals surface area contributed by atoms with Crippen molar-refractivity contribution in [2.75, 3.05) is 19.5 Å². The van der Waals surface area contributed by atoms with E-state index in [1.165, 1.54) is 0 Å². The summed E-state index contributed by atoms with van der Waals surface area (Å²) < 4.78 is 22.6. The van der Waals surface area contributed by atoms with Crippen molar-refractivity contribution >= 4 is 24.4 Å². The lowest BCUT2D eigenvalue weighted by Gasteiger charge is -2.18. The Morgan fingerprint density at radius 2 is 1.96 bits per heavy atom. The number of hydrogen-bond donors (Lipinski definition) is 3. The third kappa shape index (κ3) is 5.41. The molecule has 0 radical (unpaired) electrons. The molecule has 0 bridgehead atoms. The number of rotatable bonds is 10. The van der Waals surface area contributed by atoms with Gasteiger partial charge in [-0.2, -0.15) is 0 Å². The van der Waals surface area contributed by atoms with E-state index in [0.29, 0.717) is 12.8 Å². The summed E-state index contributed by atoms with van der Waals surface area (Å²) in [7, 11) is -3.31. The minimum atomic E-state index is -3.31. The molecule has 1 aromatic carbocycles. The molecule has 0 saturated heterocycles. The van der Waals surface area contributed by atoms with Gasteiger partial charge >= 0.3 is 7.60 Å². The molecular formula is C17H26N3O4P. The van der Waals surface area contributed by atoms with Crippen LogP contribution in [0.5, 0.6) is 0 Å². The van der Waals surface area contributed by atoms with Gasteiger partial charge in [0.15, 0.2) is 0 Å². The van der Waals surface area contributed by atoms with E-state index in [1.807, 2.05) is 30.5 Å². The molecule has 1 aromatic heterocycles. The number of carbonyl (C=O) groups is 1. The van der Waals surface area contributed by atoms with E-state index >= 15 is 0 Å². The van der Waals surface area contributed by atoms with Gasteiger partial charge < -0.3 is 25.1 Å². The molecule has 0 aliphatic rings. The van der Waals surface area contributed by atoms with Gasteiger partial charge in [-0.15, -0.1) is 0 Å². The van der Waals surface area contributed by atoms with Gasteiger partial charge in [0.05, 0.1) is 19.3 Å². The number of carbonyl (C=O) groups excluding carboxylic acids is 1. The number of aryl methyl sites for hydroxylation is 1. The first kappa shape index (κ1) is 19.7. The molecule has 0 aliphatic heterocycles. The van der Waals surface area contributed by atoms with Gasteiger partial charge in [0.1, 0.15) is 6.29 Å². The summed E-state index contributed by atoms with van der Waals surface area (Å²) in [5.41, 5.74) is 8.14. The third-order valence-electron chi connectivity index (χ3n) is 3.83. The highest BCUT2D eigenvalue weighted by Gasteiger charge is 2.25. The smallest absolute Gasteiger partial charge is 0.349 e. The van der Waals surface area contributed by atoms with Crippen molar-refractivity contribution in [3.8, 4) is 0 Å². The van der Waals surface area contributed by atoms with Crippen LogP contribution in [0.2, 0.25) is 0 Å². The molecule has 7 nitrogen and oxygen atoms in total. The molecule has 2 rings (SSSR count). The molecule has 0 spiro atoms. The second-order valence-electron chi connectivity index (χ2n) is 5.65. The van der Waals surface area contributed by atoms with Crippen molar-refractivity contribution < 1.29 is 18.4 Å². The topological polar surface area (TPSA) is 106 Å². The van der Waals surface area contributed by atoms with Crippen molar-refractivity contribution in [3.05, 3.63) is 36.0 Å². The molecule has 4 N–H and O–H groups in total. The Labute approximate surface area is 147 Å². The quantitative estimate of drug-likeness (QED) is 0.560. The summed E-state index contributed by atoms with van der Waals surface area (Å²) in [6, 6.07) is 7.30. The SMILES string of the molecule is CCOP(=O)(CNC(=O)[C@@H](N)CCc1c[nH]c2ccccc12)OCC. The molecule has 0 saturated carbocycles. The van der Waals surface area contributed by atoms with E-state index in [4.69, 9.17) is 14.8 Å². The van der Waals surface area contributed by atoms with Crippen molar-refractivity contribution in [2.45, 2.75) is 32.7 Å². The molecule has 138 valence electrons. The summed E-state index contributed by atoms with van der Waals surface area (Å²) in [5.74, 6) is -0.362. The zero-order valence-corrected chi connectivity index (χ0v) is 15.6. The lowest BCUT2D eigenvalue weighted by molar-refractivity contribution is -0.122. The molecule has 0 fully saturated rings. The van der Waals surface area contributed by atoms with Crippen LogP contribution in [0.25, 0.3) is 10.9 Å². The highest BCUT2D eigenvalue weighted by molar-refractivity contribution is 7.53. The number of aromatic nitrogens is 1. The number of H-pyrrole nitrogens is 1. The first-order valence-corrected chi connectivity index (χ1v) is 10.2. The van der Waals surface area contributed by atoms with E-state index in [2.05, 4.69) is 10.3 Å². The van der Waals surface area contributed by atoms with Gasteiger partial charge in [-0.05, 0) is 38.3 Å². The molecular weight excluding hydrogens is 341 g/mol. The minimum absolute atomic E-state index is 0.172. The lowest BCUT2D eigenvalue weighted by atomic mass is 10.0. The summed E-state index contributed by atoms with van der Waals surface area (Å²) >= 11 is 0. The number of hydrogen-bond acceptors (Lipinski definition) is 5. The largest absolute Gasteiger partial charge is 0.361 e. The van der Waals surface area contributed by atoms with E-state index < -0.39 is 13.6 Å². The van der Waals surface area contributed by atoms with Crippen LogP contribution in [0.4, 0.5) is 0 Å². The van der Waals surface area contributed by atoms with Crippen molar-refractivity contribution in [2.24, 2.45) is 5.73 Å². The van der Waals surface area contributed by atoms with Crippen molar-refractivity contribution in [3.63, 3.8) is 0 Å². The van der Waals surface area contributed by atoms with Gasteiger partial charge in [-0.25, -0.2) is 0 Å². The fourth-order valence-corrected chi connectivity index (χ4v) is 4.00. The highest BCUT2D eigenvalue weighted by Crippen LogP contribution is 2.46. The molecule has 2 aromatic rings. The summed E-state index contributed by atoms with van der Waals surface area (Å²) in [6.07, 6.45) is 2.93. The van der Waals surface area contributed by atoms with Crippen LogP contribution < -0.4 is 11.1 Å². The number of fused-ring (bicyclic) bond motifs is 1. The highest BCUT2D eigenvalue weighted by atomic mass is 31.2. The van der Waals surface area contributed by atoms with Crippen LogP contribution in [-0.4, -0.2) is 36.4 Å². The van der Waals surface area contributed by atoms with Gasteiger partial charge in [-0.3, -0.25) is 9.36 Å². The molecule has 1 heterocycles. The number of aromatic amines is 1. The van der Waals surface area contributed by atoms with Gasteiger partial charge in [-0.1, -0.05) is 18.2 Å². The summed E-state index contributed by atoms with van der Waals surface area (Å²) in [4.78, 5) is 15.3. The predicted octanol–water partition coefficient (Wildman–Crippen LogP) is 2.77. The Kier molecular flexibility index (Phi) is 7.20. The summed E-state index contributed by atoms with van der Waals surface area (Å²) in [5, 5.41) is 3.71. The number of para-hydroxylation sites is 1. The Bertz CT molecular complexity index is 736. The Hall–Kier alpha value is -1.66. The Morgan fingerprint density at radius 1 is 1.28 bits per heavy atom. The molecule has 8 heteroatoms. The van der Waals surface area contributed by atoms with E-state index in [9.17, 15) is 9.36 Å². The molecule has 0 unspecified atom stereocenters. The fourth-order valence-electron chi connectivity index (χ4n) is 2.61. The van der Waals surface area contributed by atoms with E-state index in [1.54, 1.807) is 13.8 Å². The number of nitrogens with one attached hydrogen (secondary N) is 2. The maximum absolute atomic E-state index is 12.3. The zero-order chi connectivity index (χ0) is 18.3. The Morgan fingerprint density at radius 3 is 2.64 bits per heavy atom. The fraction of sp³-hybridized carbons (Fsp3) is 0.471. The maximum Gasteiger partial charge on any atom is 0.349 e. The molecule has 1 atom stereocenters. The van der Waals surface area contributed by atoms with Crippen LogP contribution in [0.3, 0.4) is 0 Å². The Balaban J connectivity index is 1.86. The zero-order valence-electron chi connectivity index (χ0n) is 14.7.